The summed E-state index contributed by atoms with van der Waals surface area (Å²) in [5, 5.41) is 3.41. The van der Waals surface area contributed by atoms with Gasteiger partial charge in [-0.15, -0.1) is 0 Å². The third kappa shape index (κ3) is 2.92. The van der Waals surface area contributed by atoms with E-state index in [1.165, 1.54) is 12.1 Å². The van der Waals surface area contributed by atoms with Gasteiger partial charge in [-0.25, -0.2) is 0 Å². The van der Waals surface area contributed by atoms with Crippen molar-refractivity contribution in [2.45, 2.75) is 6.18 Å². The number of benzene rings is 2. The average Bonchev–Trinajstić information content (AvgIpc) is 2.84. The minimum Gasteiger partial charge on any atom is -0.340 e. The van der Waals surface area contributed by atoms with Crippen LogP contribution in [0.3, 0.4) is 0 Å². The maximum Gasteiger partial charge on any atom is 0.416 e. The van der Waals surface area contributed by atoms with Gasteiger partial charge in [0.15, 0.2) is 0 Å². The fraction of sp³-hybridized carbons (Fsp3) is 0.118. The minimum atomic E-state index is -4.44. The Labute approximate surface area is 130 Å². The van der Waals surface area contributed by atoms with Crippen molar-refractivity contribution >= 4 is 22.5 Å². The second-order valence-electron chi connectivity index (χ2n) is 5.18. The number of hydrogen-bond donors (Lipinski definition) is 1. The Bertz CT molecular complexity index is 881. The van der Waals surface area contributed by atoms with Crippen molar-refractivity contribution in [2.75, 3.05) is 5.32 Å². The summed E-state index contributed by atoms with van der Waals surface area (Å²) in [5.74, 6) is -0.456. The number of rotatable bonds is 2. The fourth-order valence-electron chi connectivity index (χ4n) is 2.48. The van der Waals surface area contributed by atoms with E-state index in [-0.39, 0.29) is 5.69 Å². The molecule has 0 radical (unpaired) electrons. The highest BCUT2D eigenvalue weighted by atomic mass is 19.4. The molecule has 1 heterocycles. The lowest BCUT2D eigenvalue weighted by atomic mass is 10.2. The molecule has 2 aromatic carbocycles. The Morgan fingerprint density at radius 3 is 2.48 bits per heavy atom. The van der Waals surface area contributed by atoms with Crippen LogP contribution in [0.5, 0.6) is 0 Å². The number of para-hydroxylation sites is 1. The van der Waals surface area contributed by atoms with Crippen molar-refractivity contribution < 1.29 is 18.0 Å². The van der Waals surface area contributed by atoms with Gasteiger partial charge in [0.1, 0.15) is 5.69 Å². The first-order chi connectivity index (χ1) is 10.9. The van der Waals surface area contributed by atoms with Gasteiger partial charge < -0.3 is 9.88 Å². The van der Waals surface area contributed by atoms with Gasteiger partial charge in [0, 0.05) is 23.6 Å². The van der Waals surface area contributed by atoms with Gasteiger partial charge in [0.25, 0.3) is 5.91 Å². The van der Waals surface area contributed by atoms with E-state index in [4.69, 9.17) is 0 Å². The molecule has 1 aromatic heterocycles. The van der Waals surface area contributed by atoms with Crippen molar-refractivity contribution in [3.8, 4) is 0 Å². The summed E-state index contributed by atoms with van der Waals surface area (Å²) in [5.41, 5.74) is 0.563. The predicted molar refractivity (Wildman–Crippen MR) is 82.3 cm³/mol. The Morgan fingerprint density at radius 2 is 1.78 bits per heavy atom. The Balaban J connectivity index is 1.91. The molecule has 3 aromatic rings. The SMILES string of the molecule is Cn1c(C(=O)Nc2cccc(C(F)(F)F)c2)cc2ccccc21. The van der Waals surface area contributed by atoms with E-state index >= 15 is 0 Å². The molecule has 6 heteroatoms. The summed E-state index contributed by atoms with van der Waals surface area (Å²) in [6.45, 7) is 0. The number of nitrogens with one attached hydrogen (secondary N) is 1. The molecule has 0 spiro atoms. The Morgan fingerprint density at radius 1 is 1.04 bits per heavy atom. The lowest BCUT2D eigenvalue weighted by Crippen LogP contribution is -2.16. The molecule has 0 saturated heterocycles. The molecule has 1 N–H and O–H groups in total. The van der Waals surface area contributed by atoms with Crippen molar-refractivity contribution in [1.29, 1.82) is 0 Å². The fourth-order valence-corrected chi connectivity index (χ4v) is 2.48. The van der Waals surface area contributed by atoms with Crippen LogP contribution in [0, 0.1) is 0 Å². The average molecular weight is 318 g/mol. The number of carbonyl (C=O) groups excluding carboxylic acids is 1. The maximum atomic E-state index is 12.7. The number of anilines is 1. The van der Waals surface area contributed by atoms with Crippen LogP contribution in [-0.4, -0.2) is 10.5 Å². The summed E-state index contributed by atoms with van der Waals surface area (Å²) < 4.78 is 39.9. The highest BCUT2D eigenvalue weighted by molar-refractivity contribution is 6.06. The van der Waals surface area contributed by atoms with Crippen LogP contribution in [0.2, 0.25) is 0 Å². The standard InChI is InChI=1S/C17H13F3N2O/c1-22-14-8-3-2-5-11(14)9-15(22)16(23)21-13-7-4-6-12(10-13)17(18,19)20/h2-10H,1H3,(H,21,23). The lowest BCUT2D eigenvalue weighted by molar-refractivity contribution is -0.137. The molecule has 0 bridgehead atoms. The van der Waals surface area contributed by atoms with Crippen LogP contribution >= 0.6 is 0 Å². The molecule has 0 unspecified atom stereocenters. The molecule has 0 saturated carbocycles. The number of carbonyl (C=O) groups is 1. The molecule has 0 atom stereocenters. The Hall–Kier alpha value is -2.76. The zero-order chi connectivity index (χ0) is 16.6. The van der Waals surface area contributed by atoms with Gasteiger partial charge in [-0.2, -0.15) is 13.2 Å². The van der Waals surface area contributed by atoms with Crippen LogP contribution in [0.15, 0.2) is 54.6 Å². The van der Waals surface area contributed by atoms with E-state index < -0.39 is 17.6 Å². The van der Waals surface area contributed by atoms with Gasteiger partial charge in [0.05, 0.1) is 5.56 Å². The number of alkyl halides is 3. The van der Waals surface area contributed by atoms with Gasteiger partial charge in [-0.1, -0.05) is 24.3 Å². The van der Waals surface area contributed by atoms with E-state index in [9.17, 15) is 18.0 Å². The maximum absolute atomic E-state index is 12.7. The minimum absolute atomic E-state index is 0.107. The van der Waals surface area contributed by atoms with Crippen LogP contribution in [0.1, 0.15) is 16.1 Å². The molecule has 1 amide bonds. The van der Waals surface area contributed by atoms with Crippen LogP contribution in [0.25, 0.3) is 10.9 Å². The molecule has 0 aliphatic heterocycles. The highest BCUT2D eigenvalue weighted by Gasteiger charge is 2.30. The van der Waals surface area contributed by atoms with Crippen molar-refractivity contribution in [3.63, 3.8) is 0 Å². The summed E-state index contributed by atoms with van der Waals surface area (Å²) in [6.07, 6.45) is -4.44. The molecule has 0 aliphatic rings. The first kappa shape index (κ1) is 15.1. The first-order valence-electron chi connectivity index (χ1n) is 6.89. The second-order valence-corrected chi connectivity index (χ2v) is 5.18. The molecule has 23 heavy (non-hydrogen) atoms. The number of aryl methyl sites for hydroxylation is 1. The van der Waals surface area contributed by atoms with E-state index in [0.717, 1.165) is 23.0 Å². The van der Waals surface area contributed by atoms with Crippen LogP contribution < -0.4 is 5.32 Å². The normalized spacial score (nSPS) is 11.7. The Kier molecular flexibility index (Phi) is 3.60. The molecular formula is C17H13F3N2O. The second kappa shape index (κ2) is 5.46. The smallest absolute Gasteiger partial charge is 0.340 e. The number of fused-ring (bicyclic) bond motifs is 1. The number of aromatic nitrogens is 1. The van der Waals surface area contributed by atoms with E-state index in [1.54, 1.807) is 17.7 Å². The zero-order valence-corrected chi connectivity index (χ0v) is 12.2. The summed E-state index contributed by atoms with van der Waals surface area (Å²) >= 11 is 0. The van der Waals surface area contributed by atoms with Crippen LogP contribution in [0.4, 0.5) is 18.9 Å². The van der Waals surface area contributed by atoms with Gasteiger partial charge in [-0.05, 0) is 30.3 Å². The predicted octanol–water partition coefficient (Wildman–Crippen LogP) is 4.45. The molecule has 0 fully saturated rings. The number of hydrogen-bond acceptors (Lipinski definition) is 1. The highest BCUT2D eigenvalue weighted by Crippen LogP contribution is 2.30. The van der Waals surface area contributed by atoms with Crippen molar-refractivity contribution in [1.82, 2.24) is 4.57 Å². The van der Waals surface area contributed by atoms with Crippen LogP contribution in [-0.2, 0) is 13.2 Å². The topological polar surface area (TPSA) is 34.0 Å². The van der Waals surface area contributed by atoms with Gasteiger partial charge >= 0.3 is 6.18 Å². The largest absolute Gasteiger partial charge is 0.416 e. The molecular weight excluding hydrogens is 305 g/mol. The van der Waals surface area contributed by atoms with E-state index in [1.807, 2.05) is 24.3 Å². The summed E-state index contributed by atoms with van der Waals surface area (Å²) in [6, 6.07) is 13.7. The molecule has 3 rings (SSSR count). The number of halogens is 3. The van der Waals surface area contributed by atoms with Gasteiger partial charge in [-0.3, -0.25) is 4.79 Å². The zero-order valence-electron chi connectivity index (χ0n) is 12.2. The van der Waals surface area contributed by atoms with Gasteiger partial charge in [0.2, 0.25) is 0 Å². The monoisotopic (exact) mass is 318 g/mol. The third-order valence-electron chi connectivity index (χ3n) is 3.63. The number of amides is 1. The lowest BCUT2D eigenvalue weighted by Gasteiger charge is -2.10. The molecule has 118 valence electrons. The van der Waals surface area contributed by atoms with Crippen molar-refractivity contribution in [2.24, 2.45) is 7.05 Å². The summed E-state index contributed by atoms with van der Waals surface area (Å²) in [4.78, 5) is 12.4. The number of nitrogens with zero attached hydrogens (tertiary/aromatic N) is 1. The molecule has 0 aliphatic carbocycles. The van der Waals surface area contributed by atoms with Crippen molar-refractivity contribution in [3.05, 3.63) is 65.9 Å². The third-order valence-corrected chi connectivity index (χ3v) is 3.63. The quantitative estimate of drug-likeness (QED) is 0.744. The molecule has 3 nitrogen and oxygen atoms in total. The van der Waals surface area contributed by atoms with E-state index in [0.29, 0.717) is 5.69 Å². The van der Waals surface area contributed by atoms with E-state index in [2.05, 4.69) is 5.32 Å². The first-order valence-corrected chi connectivity index (χ1v) is 6.89. The summed E-state index contributed by atoms with van der Waals surface area (Å²) in [7, 11) is 1.74.